The van der Waals surface area contributed by atoms with Crippen molar-refractivity contribution in [1.82, 2.24) is 4.98 Å². The van der Waals surface area contributed by atoms with E-state index < -0.39 is 10.0 Å². The van der Waals surface area contributed by atoms with Gasteiger partial charge in [0.15, 0.2) is 5.13 Å². The lowest BCUT2D eigenvalue weighted by atomic mass is 9.98. The van der Waals surface area contributed by atoms with E-state index in [9.17, 15) is 13.2 Å². The largest absolute Gasteiger partial charge is 0.325 e. The van der Waals surface area contributed by atoms with Crippen molar-refractivity contribution in [3.8, 4) is 0 Å². The van der Waals surface area contributed by atoms with Gasteiger partial charge in [0.05, 0.1) is 17.0 Å². The third-order valence-corrected chi connectivity index (χ3v) is 6.65. The predicted octanol–water partition coefficient (Wildman–Crippen LogP) is 4.56. The van der Waals surface area contributed by atoms with Crippen LogP contribution in [0.25, 0.3) is 0 Å². The Labute approximate surface area is 175 Å². The zero-order valence-electron chi connectivity index (χ0n) is 16.5. The van der Waals surface area contributed by atoms with Gasteiger partial charge in [-0.3, -0.25) is 9.52 Å². The molecule has 0 spiro atoms. The first-order valence-corrected chi connectivity index (χ1v) is 11.5. The van der Waals surface area contributed by atoms with Crippen LogP contribution in [0.5, 0.6) is 0 Å². The molecule has 29 heavy (non-hydrogen) atoms. The quantitative estimate of drug-likeness (QED) is 0.576. The van der Waals surface area contributed by atoms with Crippen LogP contribution in [0.2, 0.25) is 0 Å². The molecule has 0 saturated heterocycles. The Balaban J connectivity index is 1.69. The highest BCUT2D eigenvalue weighted by atomic mass is 32.2. The summed E-state index contributed by atoms with van der Waals surface area (Å²) in [5.74, 6) is 0.0902. The van der Waals surface area contributed by atoms with Gasteiger partial charge in [-0.15, -0.1) is 11.3 Å². The average molecular weight is 430 g/mol. The van der Waals surface area contributed by atoms with Crippen molar-refractivity contribution in [3.05, 3.63) is 70.7 Å². The van der Waals surface area contributed by atoms with Crippen LogP contribution in [0.15, 0.2) is 58.8 Å². The molecule has 2 N–H and O–H groups in total. The van der Waals surface area contributed by atoms with Crippen molar-refractivity contribution in [2.75, 3.05) is 10.0 Å². The fourth-order valence-corrected chi connectivity index (χ4v) is 4.88. The number of anilines is 2. The number of hydrogen-bond donors (Lipinski definition) is 2. The molecular formula is C21H23N3O3S2. The zero-order valence-corrected chi connectivity index (χ0v) is 18.1. The predicted molar refractivity (Wildman–Crippen MR) is 117 cm³/mol. The minimum absolute atomic E-state index is 0.0649. The number of hydrogen-bond acceptors (Lipinski definition) is 5. The van der Waals surface area contributed by atoms with Gasteiger partial charge in [-0.1, -0.05) is 50.2 Å². The van der Waals surface area contributed by atoms with Gasteiger partial charge in [-0.05, 0) is 36.1 Å². The normalized spacial score (nSPS) is 11.4. The van der Waals surface area contributed by atoms with Crippen molar-refractivity contribution in [1.29, 1.82) is 0 Å². The first-order chi connectivity index (χ1) is 13.8. The van der Waals surface area contributed by atoms with E-state index in [2.05, 4.69) is 28.9 Å². The van der Waals surface area contributed by atoms with Crippen LogP contribution < -0.4 is 10.0 Å². The van der Waals surface area contributed by atoms with Crippen LogP contribution in [-0.2, 0) is 21.2 Å². The topological polar surface area (TPSA) is 88.2 Å². The Morgan fingerprint density at radius 1 is 1.10 bits per heavy atom. The van der Waals surface area contributed by atoms with E-state index in [4.69, 9.17) is 0 Å². The first-order valence-electron chi connectivity index (χ1n) is 9.18. The number of sulfonamides is 1. The van der Waals surface area contributed by atoms with E-state index in [1.54, 1.807) is 23.6 Å². The number of carbonyl (C=O) groups is 1. The molecule has 0 aliphatic heterocycles. The molecule has 3 rings (SSSR count). The molecule has 1 heterocycles. The lowest BCUT2D eigenvalue weighted by Gasteiger charge is -2.16. The van der Waals surface area contributed by atoms with Gasteiger partial charge in [0.25, 0.3) is 10.0 Å². The molecule has 0 aliphatic rings. The number of carbonyl (C=O) groups excluding carboxylic acids is 1. The smallest absolute Gasteiger partial charge is 0.263 e. The van der Waals surface area contributed by atoms with Crippen LogP contribution in [-0.4, -0.2) is 19.3 Å². The summed E-state index contributed by atoms with van der Waals surface area (Å²) in [6, 6.07) is 14.0. The molecule has 0 aliphatic carbocycles. The molecule has 152 valence electrons. The van der Waals surface area contributed by atoms with Gasteiger partial charge >= 0.3 is 0 Å². The Morgan fingerprint density at radius 2 is 1.83 bits per heavy atom. The van der Waals surface area contributed by atoms with Gasteiger partial charge in [-0.2, -0.15) is 0 Å². The minimum atomic E-state index is -3.70. The summed E-state index contributed by atoms with van der Waals surface area (Å²) in [5, 5.41) is 4.90. The van der Waals surface area contributed by atoms with E-state index in [1.165, 1.54) is 12.1 Å². The molecule has 6 nitrogen and oxygen atoms in total. The van der Waals surface area contributed by atoms with Crippen molar-refractivity contribution in [3.63, 3.8) is 0 Å². The van der Waals surface area contributed by atoms with Gasteiger partial charge in [0.1, 0.15) is 0 Å². The number of rotatable bonds is 7. The van der Waals surface area contributed by atoms with E-state index in [0.717, 1.165) is 28.2 Å². The van der Waals surface area contributed by atoms with Crippen molar-refractivity contribution in [2.24, 2.45) is 0 Å². The maximum Gasteiger partial charge on any atom is 0.263 e. The summed E-state index contributed by atoms with van der Waals surface area (Å²) in [6.07, 6.45) is 0.0649. The van der Waals surface area contributed by atoms with Crippen molar-refractivity contribution >= 4 is 38.1 Å². The molecular weight excluding hydrogens is 406 g/mol. The van der Waals surface area contributed by atoms with Gasteiger partial charge in [0, 0.05) is 11.1 Å². The lowest BCUT2D eigenvalue weighted by Crippen LogP contribution is -2.17. The molecule has 0 bridgehead atoms. The summed E-state index contributed by atoms with van der Waals surface area (Å²) in [7, 11) is -3.70. The zero-order chi connectivity index (χ0) is 21.0. The highest BCUT2D eigenvalue weighted by Crippen LogP contribution is 2.28. The maximum absolute atomic E-state index is 12.5. The Bertz CT molecular complexity index is 1110. The fraction of sp³-hybridized carbons (Fsp3) is 0.238. The molecule has 0 atom stereocenters. The molecule has 0 saturated carbocycles. The number of thiazole rings is 1. The summed E-state index contributed by atoms with van der Waals surface area (Å²) in [4.78, 5) is 17.0. The highest BCUT2D eigenvalue weighted by Gasteiger charge is 2.17. The van der Waals surface area contributed by atoms with Crippen molar-refractivity contribution < 1.29 is 13.2 Å². The Morgan fingerprint density at radius 3 is 2.52 bits per heavy atom. The minimum Gasteiger partial charge on any atom is -0.325 e. The lowest BCUT2D eigenvalue weighted by molar-refractivity contribution is -0.115. The van der Waals surface area contributed by atoms with Crippen LogP contribution in [0.4, 0.5) is 10.8 Å². The molecule has 1 aromatic heterocycles. The number of amides is 1. The monoisotopic (exact) mass is 429 g/mol. The van der Waals surface area contributed by atoms with E-state index >= 15 is 0 Å². The first kappa shape index (κ1) is 21.0. The van der Waals surface area contributed by atoms with Crippen LogP contribution >= 0.6 is 11.3 Å². The van der Waals surface area contributed by atoms with Gasteiger partial charge in [0.2, 0.25) is 5.91 Å². The van der Waals surface area contributed by atoms with Gasteiger partial charge in [-0.25, -0.2) is 13.4 Å². The van der Waals surface area contributed by atoms with Crippen molar-refractivity contribution in [2.45, 2.75) is 38.0 Å². The molecule has 3 aromatic rings. The molecule has 0 fully saturated rings. The second kappa shape index (κ2) is 8.75. The third-order valence-electron chi connectivity index (χ3n) is 4.36. The number of aryl methyl sites for hydroxylation is 1. The second-order valence-electron chi connectivity index (χ2n) is 6.98. The SMILES string of the molecule is Cc1cccc(C(C)C)c1NC(=O)Cc1csc(NS(=O)(=O)c2ccccc2)n1. The van der Waals surface area contributed by atoms with Crippen LogP contribution in [0.3, 0.4) is 0 Å². The Kier molecular flexibility index (Phi) is 6.34. The Hall–Kier alpha value is -2.71. The number of nitrogens with zero attached hydrogens (tertiary/aromatic N) is 1. The fourth-order valence-electron chi connectivity index (χ4n) is 2.90. The summed E-state index contributed by atoms with van der Waals surface area (Å²) >= 11 is 1.15. The van der Waals surface area contributed by atoms with Crippen LogP contribution in [0, 0.1) is 6.92 Å². The third kappa shape index (κ3) is 5.21. The maximum atomic E-state index is 12.5. The van der Waals surface area contributed by atoms with E-state index in [1.807, 2.05) is 25.1 Å². The molecule has 1 amide bonds. The molecule has 8 heteroatoms. The molecule has 0 radical (unpaired) electrons. The molecule has 0 unspecified atom stereocenters. The highest BCUT2D eigenvalue weighted by molar-refractivity contribution is 7.93. The standard InChI is InChI=1S/C21H23N3O3S2/c1-14(2)18-11-7-8-15(3)20(18)23-19(25)12-16-13-28-21(22-16)24-29(26,27)17-9-5-4-6-10-17/h4-11,13-14H,12H2,1-3H3,(H,22,24)(H,23,25). The number of nitrogens with one attached hydrogen (secondary N) is 2. The van der Waals surface area contributed by atoms with Gasteiger partial charge < -0.3 is 5.32 Å². The summed E-state index contributed by atoms with van der Waals surface area (Å²) in [6.45, 7) is 6.12. The number of benzene rings is 2. The average Bonchev–Trinajstić information content (AvgIpc) is 3.09. The summed E-state index contributed by atoms with van der Waals surface area (Å²) in [5.41, 5.74) is 3.41. The van der Waals surface area contributed by atoms with Crippen LogP contribution in [0.1, 0.15) is 36.6 Å². The molecule has 2 aromatic carbocycles. The second-order valence-corrected chi connectivity index (χ2v) is 9.52. The number of aromatic nitrogens is 1. The van der Waals surface area contributed by atoms with E-state index in [-0.39, 0.29) is 28.3 Å². The number of para-hydroxylation sites is 1. The summed E-state index contributed by atoms with van der Waals surface area (Å²) < 4.78 is 27.2. The van der Waals surface area contributed by atoms with E-state index in [0.29, 0.717) is 5.69 Å².